The van der Waals surface area contributed by atoms with Crippen LogP contribution in [0.3, 0.4) is 0 Å². The molecule has 2 heterocycles. The Bertz CT molecular complexity index is 1470. The summed E-state index contributed by atoms with van der Waals surface area (Å²) in [5.41, 5.74) is 2.77. The standard InChI is InChI=1S/C27H19BrFNO4/c1-15-3-2-4-17(11-15)24-23(25(31)22-13-18-12-19(28)7-10-21(18)34-22)26(32)27(33)30(24)14-16-5-8-20(29)9-6-16/h2-13,24,32H,14H2,1H3. The van der Waals surface area contributed by atoms with Gasteiger partial charge in [-0.2, -0.15) is 0 Å². The number of hydrogen-bond acceptors (Lipinski definition) is 4. The van der Waals surface area contributed by atoms with Crippen LogP contribution in [0.4, 0.5) is 4.39 Å². The maximum atomic E-state index is 13.6. The van der Waals surface area contributed by atoms with Crippen LogP contribution in [0.25, 0.3) is 11.0 Å². The molecule has 170 valence electrons. The van der Waals surface area contributed by atoms with Gasteiger partial charge >= 0.3 is 0 Å². The predicted molar refractivity (Wildman–Crippen MR) is 129 cm³/mol. The molecule has 1 aliphatic rings. The molecule has 0 aliphatic carbocycles. The van der Waals surface area contributed by atoms with Gasteiger partial charge in [0.1, 0.15) is 11.4 Å². The first kappa shape index (κ1) is 22.1. The third-order valence-corrected chi connectivity index (χ3v) is 6.37. The van der Waals surface area contributed by atoms with Gasteiger partial charge in [0.25, 0.3) is 5.91 Å². The van der Waals surface area contributed by atoms with Gasteiger partial charge in [-0.25, -0.2) is 4.39 Å². The molecular formula is C27H19BrFNO4. The molecule has 0 radical (unpaired) electrons. The Hall–Kier alpha value is -3.71. The number of rotatable bonds is 5. The molecule has 0 bridgehead atoms. The van der Waals surface area contributed by atoms with Gasteiger partial charge in [0.05, 0.1) is 11.6 Å². The van der Waals surface area contributed by atoms with Crippen molar-refractivity contribution in [3.8, 4) is 0 Å². The highest BCUT2D eigenvalue weighted by Crippen LogP contribution is 2.40. The smallest absolute Gasteiger partial charge is 0.290 e. The zero-order valence-corrected chi connectivity index (χ0v) is 19.7. The maximum absolute atomic E-state index is 13.6. The first-order valence-electron chi connectivity index (χ1n) is 10.6. The summed E-state index contributed by atoms with van der Waals surface area (Å²) in [6.07, 6.45) is 0. The van der Waals surface area contributed by atoms with Crippen molar-refractivity contribution >= 4 is 38.6 Å². The van der Waals surface area contributed by atoms with Crippen molar-refractivity contribution in [2.45, 2.75) is 19.5 Å². The van der Waals surface area contributed by atoms with E-state index in [-0.39, 0.29) is 23.7 Å². The largest absolute Gasteiger partial charge is 0.503 e. The second kappa shape index (κ2) is 8.57. The number of halogens is 2. The first-order valence-corrected chi connectivity index (χ1v) is 11.4. The quantitative estimate of drug-likeness (QED) is 0.309. The monoisotopic (exact) mass is 519 g/mol. The first-order chi connectivity index (χ1) is 16.3. The van der Waals surface area contributed by atoms with Crippen LogP contribution in [0.15, 0.2) is 93.0 Å². The number of benzene rings is 3. The predicted octanol–water partition coefficient (Wildman–Crippen LogP) is 6.42. The molecule has 7 heteroatoms. The van der Waals surface area contributed by atoms with E-state index in [2.05, 4.69) is 15.9 Å². The Balaban J connectivity index is 1.60. The number of fused-ring (bicyclic) bond motifs is 1. The molecule has 5 rings (SSSR count). The molecule has 1 aromatic heterocycles. The molecule has 0 saturated heterocycles. The van der Waals surface area contributed by atoms with Gasteiger partial charge in [0, 0.05) is 16.4 Å². The minimum atomic E-state index is -0.829. The number of ketones is 1. The third-order valence-electron chi connectivity index (χ3n) is 5.87. The molecule has 0 spiro atoms. The summed E-state index contributed by atoms with van der Waals surface area (Å²) in [5, 5.41) is 11.6. The molecular weight excluding hydrogens is 501 g/mol. The highest BCUT2D eigenvalue weighted by atomic mass is 79.9. The van der Waals surface area contributed by atoms with E-state index in [1.165, 1.54) is 17.0 Å². The van der Waals surface area contributed by atoms with E-state index in [9.17, 15) is 19.1 Å². The highest BCUT2D eigenvalue weighted by molar-refractivity contribution is 9.10. The normalized spacial score (nSPS) is 16.0. The number of carbonyl (C=O) groups excluding carboxylic acids is 2. The molecule has 34 heavy (non-hydrogen) atoms. The van der Waals surface area contributed by atoms with Gasteiger partial charge in [-0.15, -0.1) is 0 Å². The van der Waals surface area contributed by atoms with Crippen molar-refractivity contribution < 1.29 is 23.5 Å². The number of hydrogen-bond donors (Lipinski definition) is 1. The number of carbonyl (C=O) groups is 2. The molecule has 5 nitrogen and oxygen atoms in total. The Kier molecular flexibility index (Phi) is 5.57. The minimum absolute atomic E-state index is 0.0312. The number of furan rings is 1. The van der Waals surface area contributed by atoms with Crippen LogP contribution in [-0.4, -0.2) is 21.7 Å². The molecule has 3 aromatic carbocycles. The summed E-state index contributed by atoms with van der Waals surface area (Å²) in [6, 6.07) is 19.3. The molecule has 0 saturated carbocycles. The summed E-state index contributed by atoms with van der Waals surface area (Å²) in [5.74, 6) is -2.20. The van der Waals surface area contributed by atoms with Crippen LogP contribution in [0.5, 0.6) is 0 Å². The minimum Gasteiger partial charge on any atom is -0.503 e. The average Bonchev–Trinajstić information content (AvgIpc) is 3.34. The second-order valence-electron chi connectivity index (χ2n) is 8.26. The van der Waals surface area contributed by atoms with Crippen LogP contribution >= 0.6 is 15.9 Å². The lowest BCUT2D eigenvalue weighted by atomic mass is 9.94. The van der Waals surface area contributed by atoms with E-state index in [1.807, 2.05) is 37.3 Å². The van der Waals surface area contributed by atoms with Crippen molar-refractivity contribution in [3.05, 3.63) is 117 Å². The van der Waals surface area contributed by atoms with E-state index in [0.29, 0.717) is 16.7 Å². The number of aliphatic hydroxyl groups excluding tert-OH is 1. The Morgan fingerprint density at radius 2 is 1.85 bits per heavy atom. The number of aryl methyl sites for hydroxylation is 1. The fourth-order valence-corrected chi connectivity index (χ4v) is 4.66. The fourth-order valence-electron chi connectivity index (χ4n) is 4.28. The Morgan fingerprint density at radius 3 is 2.59 bits per heavy atom. The average molecular weight is 520 g/mol. The Morgan fingerprint density at radius 1 is 1.09 bits per heavy atom. The lowest BCUT2D eigenvalue weighted by Gasteiger charge is -2.27. The topological polar surface area (TPSA) is 70.7 Å². The number of nitrogens with zero attached hydrogens (tertiary/aromatic N) is 1. The van der Waals surface area contributed by atoms with Gasteiger partial charge in [-0.3, -0.25) is 9.59 Å². The van der Waals surface area contributed by atoms with E-state index >= 15 is 0 Å². The van der Waals surface area contributed by atoms with Crippen molar-refractivity contribution in [3.63, 3.8) is 0 Å². The van der Waals surface area contributed by atoms with Crippen LogP contribution in [0.1, 0.15) is 33.3 Å². The summed E-state index contributed by atoms with van der Waals surface area (Å²) in [6.45, 7) is 2.00. The lowest BCUT2D eigenvalue weighted by molar-refractivity contribution is -0.130. The molecule has 0 fully saturated rings. The van der Waals surface area contributed by atoms with Crippen LogP contribution < -0.4 is 0 Å². The molecule has 1 aliphatic heterocycles. The van der Waals surface area contributed by atoms with Gasteiger partial charge in [-0.05, 0) is 54.4 Å². The van der Waals surface area contributed by atoms with E-state index < -0.39 is 23.5 Å². The van der Waals surface area contributed by atoms with Crippen molar-refractivity contribution in [2.24, 2.45) is 0 Å². The third kappa shape index (κ3) is 3.92. The number of Topliss-reactive ketones (excluding diaryl/α,β-unsaturated/α-hetero) is 1. The second-order valence-corrected chi connectivity index (χ2v) is 9.18. The van der Waals surface area contributed by atoms with Gasteiger partial charge in [0.2, 0.25) is 5.78 Å². The summed E-state index contributed by atoms with van der Waals surface area (Å²) in [7, 11) is 0. The summed E-state index contributed by atoms with van der Waals surface area (Å²) < 4.78 is 20.0. The van der Waals surface area contributed by atoms with Crippen molar-refractivity contribution in [1.29, 1.82) is 0 Å². The summed E-state index contributed by atoms with van der Waals surface area (Å²) >= 11 is 3.40. The molecule has 1 N–H and O–H groups in total. The van der Waals surface area contributed by atoms with Crippen molar-refractivity contribution in [2.75, 3.05) is 0 Å². The highest BCUT2D eigenvalue weighted by Gasteiger charge is 2.44. The van der Waals surface area contributed by atoms with Crippen molar-refractivity contribution in [1.82, 2.24) is 4.90 Å². The Labute approximate surface area is 203 Å². The van der Waals surface area contributed by atoms with E-state index in [4.69, 9.17) is 4.42 Å². The van der Waals surface area contributed by atoms with Gasteiger partial charge < -0.3 is 14.4 Å². The lowest BCUT2D eigenvalue weighted by Crippen LogP contribution is -2.30. The molecule has 4 aromatic rings. The molecule has 1 atom stereocenters. The van der Waals surface area contributed by atoms with Gasteiger partial charge in [-0.1, -0.05) is 57.9 Å². The SMILES string of the molecule is Cc1cccc(C2C(C(=O)c3cc4cc(Br)ccc4o3)=C(O)C(=O)N2Cc2ccc(F)cc2)c1. The van der Waals surface area contributed by atoms with Gasteiger partial charge in [0.15, 0.2) is 11.5 Å². The zero-order valence-electron chi connectivity index (χ0n) is 18.1. The van der Waals surface area contributed by atoms with E-state index in [1.54, 1.807) is 30.3 Å². The van der Waals surface area contributed by atoms with Crippen LogP contribution in [-0.2, 0) is 11.3 Å². The van der Waals surface area contributed by atoms with Crippen LogP contribution in [0.2, 0.25) is 0 Å². The summed E-state index contributed by atoms with van der Waals surface area (Å²) in [4.78, 5) is 28.2. The zero-order chi connectivity index (χ0) is 24.0. The van der Waals surface area contributed by atoms with Crippen LogP contribution in [0, 0.1) is 12.7 Å². The molecule has 1 unspecified atom stereocenters. The molecule has 1 amide bonds. The maximum Gasteiger partial charge on any atom is 0.290 e. The number of amides is 1. The number of aliphatic hydroxyl groups is 1. The fraction of sp³-hybridized carbons (Fsp3) is 0.111. The van der Waals surface area contributed by atoms with E-state index in [0.717, 1.165) is 15.4 Å².